The predicted octanol–water partition coefficient (Wildman–Crippen LogP) is 4.44. The molecule has 1 aromatic heterocycles. The van der Waals surface area contributed by atoms with E-state index in [0.717, 1.165) is 27.5 Å². The van der Waals surface area contributed by atoms with Crippen molar-refractivity contribution >= 4 is 40.6 Å². The number of H-pyrrole nitrogens is 1. The molecule has 2 aliphatic heterocycles. The number of carbonyl (C=O) groups is 2. The zero-order valence-electron chi connectivity index (χ0n) is 20.6. The van der Waals surface area contributed by atoms with Crippen molar-refractivity contribution in [1.82, 2.24) is 4.98 Å². The average Bonchev–Trinajstić information content (AvgIpc) is 3.63. The van der Waals surface area contributed by atoms with Crippen molar-refractivity contribution < 1.29 is 19.1 Å². The van der Waals surface area contributed by atoms with Crippen LogP contribution in [-0.2, 0) is 9.59 Å². The molecule has 2 aliphatic carbocycles. The van der Waals surface area contributed by atoms with E-state index in [1.54, 1.807) is 26.0 Å². The first kappa shape index (κ1) is 23.1. The summed E-state index contributed by atoms with van der Waals surface area (Å²) in [5.41, 5.74) is 2.79. The molecular formula is C28H26N2O5S2. The Hall–Kier alpha value is -3.04. The second kappa shape index (κ2) is 8.23. The average molecular weight is 535 g/mol. The number of thioether (sulfide) groups is 1. The minimum Gasteiger partial charge on any atom is -0.493 e. The number of anilines is 1. The van der Waals surface area contributed by atoms with Crippen LogP contribution in [0.4, 0.5) is 5.69 Å². The summed E-state index contributed by atoms with van der Waals surface area (Å²) in [6.45, 7) is 1.99. The van der Waals surface area contributed by atoms with E-state index in [4.69, 9.17) is 9.47 Å². The van der Waals surface area contributed by atoms with Crippen molar-refractivity contribution in [1.29, 1.82) is 0 Å². The van der Waals surface area contributed by atoms with Crippen LogP contribution in [0, 0.1) is 36.5 Å². The van der Waals surface area contributed by atoms with Crippen LogP contribution in [0.15, 0.2) is 52.3 Å². The molecule has 4 aliphatic rings. The molecular weight excluding hydrogens is 508 g/mol. The Balaban J connectivity index is 1.32. The molecule has 0 unspecified atom stereocenters. The molecule has 0 radical (unpaired) electrons. The first-order chi connectivity index (χ1) is 17.9. The molecule has 3 heterocycles. The second-order valence-electron chi connectivity index (χ2n) is 10.4. The lowest BCUT2D eigenvalue weighted by molar-refractivity contribution is -0.123. The van der Waals surface area contributed by atoms with Crippen molar-refractivity contribution in [2.45, 2.75) is 29.5 Å². The lowest BCUT2D eigenvalue weighted by Crippen LogP contribution is -2.42. The maximum absolute atomic E-state index is 13.8. The Bertz CT molecular complexity index is 1490. The Morgan fingerprint density at radius 2 is 1.62 bits per heavy atom. The minimum absolute atomic E-state index is 0.0581. The number of imide groups is 1. The lowest BCUT2D eigenvalue weighted by Gasteiger charge is -2.43. The van der Waals surface area contributed by atoms with E-state index in [-0.39, 0.29) is 57.4 Å². The van der Waals surface area contributed by atoms with Crippen LogP contribution in [0.5, 0.6) is 11.5 Å². The molecule has 1 N–H and O–H groups in total. The number of rotatable bonds is 4. The highest BCUT2D eigenvalue weighted by Crippen LogP contribution is 2.68. The number of amides is 2. The predicted molar refractivity (Wildman–Crippen MR) is 142 cm³/mol. The van der Waals surface area contributed by atoms with Crippen LogP contribution >= 0.6 is 23.1 Å². The van der Waals surface area contributed by atoms with Gasteiger partial charge in [-0.25, -0.2) is 0 Å². The Morgan fingerprint density at radius 1 is 0.919 bits per heavy atom. The molecule has 3 aromatic rings. The van der Waals surface area contributed by atoms with Crippen LogP contribution in [0.25, 0.3) is 0 Å². The molecule has 2 amide bonds. The minimum atomic E-state index is -0.319. The Morgan fingerprint density at radius 3 is 2.32 bits per heavy atom. The van der Waals surface area contributed by atoms with Crippen molar-refractivity contribution in [3.8, 4) is 11.5 Å². The molecule has 2 saturated carbocycles. The van der Waals surface area contributed by atoms with E-state index in [1.807, 2.05) is 49.4 Å². The standard InChI is InChI=1S/C28H26N2O5S2/c1-12-4-7-14(8-5-12)30-26(31)21-15-11-16(22(21)27(30)32)23-20(15)19(24-25(36-23)29-28(33)37-24)13-6-9-17(34-2)18(10-13)35-3/h4-10,15-16,19-23H,11H2,1-3H3,(H,29,33)/t15-,16+,19+,20+,21+,22-,23-/m1/s1. The van der Waals surface area contributed by atoms with Gasteiger partial charge in [-0.2, -0.15) is 0 Å². The largest absolute Gasteiger partial charge is 0.493 e. The maximum Gasteiger partial charge on any atom is 0.305 e. The number of ether oxygens (including phenoxy) is 2. The van der Waals surface area contributed by atoms with E-state index in [2.05, 4.69) is 4.98 Å². The van der Waals surface area contributed by atoms with Gasteiger partial charge in [-0.3, -0.25) is 19.3 Å². The van der Waals surface area contributed by atoms with Gasteiger partial charge in [0.2, 0.25) is 11.8 Å². The first-order valence-corrected chi connectivity index (χ1v) is 14.2. The number of aromatic nitrogens is 1. The number of aryl methyl sites for hydroxylation is 1. The second-order valence-corrected chi connectivity index (χ2v) is 12.6. The maximum atomic E-state index is 13.8. The monoisotopic (exact) mass is 534 g/mol. The molecule has 7 atom stereocenters. The Labute approximate surface area is 222 Å². The smallest absolute Gasteiger partial charge is 0.305 e. The zero-order valence-corrected chi connectivity index (χ0v) is 22.2. The fourth-order valence-electron chi connectivity index (χ4n) is 7.38. The molecule has 3 fully saturated rings. The molecule has 9 heteroatoms. The highest BCUT2D eigenvalue weighted by atomic mass is 32.2. The van der Waals surface area contributed by atoms with E-state index in [0.29, 0.717) is 17.2 Å². The quantitative estimate of drug-likeness (QED) is 0.498. The van der Waals surface area contributed by atoms with Gasteiger partial charge in [0.15, 0.2) is 11.5 Å². The van der Waals surface area contributed by atoms with Crippen molar-refractivity contribution in [2.75, 3.05) is 19.1 Å². The first-order valence-electron chi connectivity index (χ1n) is 12.5. The zero-order chi connectivity index (χ0) is 25.6. The number of methoxy groups -OCH3 is 2. The topological polar surface area (TPSA) is 88.7 Å². The highest BCUT2D eigenvalue weighted by Gasteiger charge is 2.69. The number of nitrogens with one attached hydrogen (secondary N) is 1. The van der Waals surface area contributed by atoms with Gasteiger partial charge in [0.25, 0.3) is 0 Å². The summed E-state index contributed by atoms with van der Waals surface area (Å²) >= 11 is 2.95. The summed E-state index contributed by atoms with van der Waals surface area (Å²) in [7, 11) is 3.23. The van der Waals surface area contributed by atoms with E-state index in [9.17, 15) is 14.4 Å². The van der Waals surface area contributed by atoms with Crippen LogP contribution in [0.1, 0.15) is 28.3 Å². The third-order valence-electron chi connectivity index (χ3n) is 8.78. The fourth-order valence-corrected chi connectivity index (χ4v) is 10.3. The van der Waals surface area contributed by atoms with Gasteiger partial charge in [-0.15, -0.1) is 11.8 Å². The number of hydrogen-bond acceptors (Lipinski definition) is 7. The van der Waals surface area contributed by atoms with Gasteiger partial charge in [-0.05, 0) is 60.9 Å². The third-order valence-corrected chi connectivity index (χ3v) is 11.4. The molecule has 7 rings (SSSR count). The molecule has 2 aromatic carbocycles. The van der Waals surface area contributed by atoms with Crippen LogP contribution < -0.4 is 19.2 Å². The van der Waals surface area contributed by atoms with Crippen molar-refractivity contribution in [3.05, 3.63) is 68.1 Å². The molecule has 0 spiro atoms. The molecule has 190 valence electrons. The lowest BCUT2D eigenvalue weighted by atomic mass is 9.68. The van der Waals surface area contributed by atoms with Gasteiger partial charge in [0, 0.05) is 16.0 Å². The normalized spacial score (nSPS) is 31.3. The molecule has 37 heavy (non-hydrogen) atoms. The summed E-state index contributed by atoms with van der Waals surface area (Å²) in [4.78, 5) is 45.4. The third kappa shape index (κ3) is 3.16. The van der Waals surface area contributed by atoms with Crippen LogP contribution in [-0.4, -0.2) is 36.3 Å². The molecule has 1 saturated heterocycles. The summed E-state index contributed by atoms with van der Waals surface area (Å²) in [6, 6.07) is 13.5. The fraction of sp³-hybridized carbons (Fsp3) is 0.393. The van der Waals surface area contributed by atoms with Gasteiger partial charge >= 0.3 is 4.87 Å². The van der Waals surface area contributed by atoms with E-state index >= 15 is 0 Å². The SMILES string of the molecule is COc1ccc([C@@H]2c3sc(=O)[nH]c3S[C@@H]3[C@H]4C[C@@H]([C@@H]5C(=O)N(c6ccc(C)cc6)C(=O)[C@H]45)[C@@H]23)cc1OC. The number of carbonyl (C=O) groups excluding carboxylic acids is 2. The van der Waals surface area contributed by atoms with Crippen molar-refractivity contribution in [3.63, 3.8) is 0 Å². The van der Waals surface area contributed by atoms with Crippen molar-refractivity contribution in [2.24, 2.45) is 29.6 Å². The van der Waals surface area contributed by atoms with Gasteiger partial charge < -0.3 is 14.5 Å². The van der Waals surface area contributed by atoms with E-state index in [1.165, 1.54) is 16.2 Å². The number of benzene rings is 2. The summed E-state index contributed by atoms with van der Waals surface area (Å²) in [5, 5.41) is 1.05. The highest BCUT2D eigenvalue weighted by molar-refractivity contribution is 8.00. The summed E-state index contributed by atoms with van der Waals surface area (Å²) in [5.74, 6) is 0.767. The van der Waals surface area contributed by atoms with Gasteiger partial charge in [0.05, 0.1) is 36.8 Å². The van der Waals surface area contributed by atoms with Gasteiger partial charge in [-0.1, -0.05) is 35.1 Å². The summed E-state index contributed by atoms with van der Waals surface area (Å²) < 4.78 is 11.1. The van der Waals surface area contributed by atoms with Crippen LogP contribution in [0.3, 0.4) is 0 Å². The number of thiazole rings is 1. The number of nitrogens with zero attached hydrogens (tertiary/aromatic N) is 1. The number of aromatic amines is 1. The van der Waals surface area contributed by atoms with Gasteiger partial charge in [0.1, 0.15) is 0 Å². The summed E-state index contributed by atoms with van der Waals surface area (Å²) in [6.07, 6.45) is 0.861. The molecule has 2 bridgehead atoms. The number of fused-ring (bicyclic) bond motifs is 9. The Kier molecular flexibility index (Phi) is 5.14. The van der Waals surface area contributed by atoms with Crippen LogP contribution in [0.2, 0.25) is 0 Å². The molecule has 7 nitrogen and oxygen atoms in total. The van der Waals surface area contributed by atoms with E-state index < -0.39 is 0 Å². The number of hydrogen-bond donors (Lipinski definition) is 1.